The fourth-order valence-corrected chi connectivity index (χ4v) is 2.82. The smallest absolute Gasteiger partial charge is 0.463 e. The molecule has 1 aliphatic rings. The molecule has 3 aromatic heterocycles. The Morgan fingerprint density at radius 2 is 2.23 bits per heavy atom. The molecular formula is C15H12F3N5O3. The van der Waals surface area contributed by atoms with Gasteiger partial charge < -0.3 is 13.8 Å². The molecule has 8 nitrogen and oxygen atoms in total. The Balaban J connectivity index is 1.45. The molecule has 0 spiro atoms. The van der Waals surface area contributed by atoms with Crippen LogP contribution in [0, 0.1) is 0 Å². The van der Waals surface area contributed by atoms with Gasteiger partial charge in [0.1, 0.15) is 5.69 Å². The monoisotopic (exact) mass is 367 g/mol. The van der Waals surface area contributed by atoms with Gasteiger partial charge in [0, 0.05) is 25.1 Å². The molecule has 26 heavy (non-hydrogen) atoms. The molecule has 3 aromatic rings. The number of H-pyrrole nitrogens is 1. The Bertz CT molecular complexity index is 915. The molecule has 1 saturated heterocycles. The first-order valence-electron chi connectivity index (χ1n) is 7.71. The van der Waals surface area contributed by atoms with Crippen LogP contribution in [0.25, 0.3) is 11.5 Å². The number of carbonyl (C=O) groups excluding carboxylic acids is 1. The van der Waals surface area contributed by atoms with Crippen molar-refractivity contribution in [1.82, 2.24) is 25.2 Å². The van der Waals surface area contributed by atoms with Crippen LogP contribution in [0.3, 0.4) is 0 Å². The molecule has 1 aliphatic heterocycles. The van der Waals surface area contributed by atoms with E-state index in [0.717, 1.165) is 0 Å². The van der Waals surface area contributed by atoms with Gasteiger partial charge in [-0.3, -0.25) is 9.89 Å². The number of nitrogens with one attached hydrogen (secondary N) is 1. The Morgan fingerprint density at radius 3 is 2.92 bits per heavy atom. The molecule has 0 bridgehead atoms. The summed E-state index contributed by atoms with van der Waals surface area (Å²) in [6.07, 6.45) is -2.74. The van der Waals surface area contributed by atoms with Crippen LogP contribution in [0.1, 0.15) is 34.5 Å². The topological polar surface area (TPSA) is 101 Å². The van der Waals surface area contributed by atoms with Crippen LogP contribution in [0.2, 0.25) is 0 Å². The summed E-state index contributed by atoms with van der Waals surface area (Å²) in [4.78, 5) is 17.4. The quantitative estimate of drug-likeness (QED) is 0.764. The largest absolute Gasteiger partial charge is 0.471 e. The Labute approximate surface area is 144 Å². The van der Waals surface area contributed by atoms with E-state index in [0.29, 0.717) is 24.4 Å². The first-order valence-corrected chi connectivity index (χ1v) is 7.71. The fraction of sp³-hybridized carbons (Fsp3) is 0.333. The van der Waals surface area contributed by atoms with Crippen LogP contribution >= 0.6 is 0 Å². The van der Waals surface area contributed by atoms with Crippen molar-refractivity contribution in [3.8, 4) is 11.5 Å². The number of aromatic amines is 1. The van der Waals surface area contributed by atoms with Crippen molar-refractivity contribution in [3.63, 3.8) is 0 Å². The van der Waals surface area contributed by atoms with E-state index in [1.54, 1.807) is 18.2 Å². The van der Waals surface area contributed by atoms with Crippen molar-refractivity contribution in [2.75, 3.05) is 13.1 Å². The summed E-state index contributed by atoms with van der Waals surface area (Å²) >= 11 is 0. The van der Waals surface area contributed by atoms with Gasteiger partial charge >= 0.3 is 12.1 Å². The zero-order valence-electron chi connectivity index (χ0n) is 13.2. The molecular weight excluding hydrogens is 355 g/mol. The van der Waals surface area contributed by atoms with Crippen LogP contribution < -0.4 is 0 Å². The summed E-state index contributed by atoms with van der Waals surface area (Å²) in [7, 11) is 0. The van der Waals surface area contributed by atoms with Crippen molar-refractivity contribution >= 4 is 5.91 Å². The Morgan fingerprint density at radius 1 is 1.38 bits per heavy atom. The van der Waals surface area contributed by atoms with Gasteiger partial charge in [-0.05, 0) is 18.6 Å². The zero-order chi connectivity index (χ0) is 18.3. The van der Waals surface area contributed by atoms with E-state index in [2.05, 4.69) is 24.9 Å². The van der Waals surface area contributed by atoms with Crippen molar-refractivity contribution in [1.29, 1.82) is 0 Å². The minimum Gasteiger partial charge on any atom is -0.463 e. The molecule has 0 aliphatic carbocycles. The first-order chi connectivity index (χ1) is 12.4. The van der Waals surface area contributed by atoms with Gasteiger partial charge in [-0.25, -0.2) is 0 Å². The summed E-state index contributed by atoms with van der Waals surface area (Å²) in [6.45, 7) is 0.556. The van der Waals surface area contributed by atoms with Crippen LogP contribution in [-0.2, 0) is 6.18 Å². The molecule has 4 rings (SSSR count). The average molecular weight is 367 g/mol. The normalized spacial score (nSPS) is 17.8. The summed E-state index contributed by atoms with van der Waals surface area (Å²) < 4.78 is 47.1. The second-order valence-corrected chi connectivity index (χ2v) is 5.84. The third-order valence-corrected chi connectivity index (χ3v) is 4.11. The van der Waals surface area contributed by atoms with Gasteiger partial charge in [-0.2, -0.15) is 23.3 Å². The minimum atomic E-state index is -4.68. The Hall–Kier alpha value is -3.11. The number of halogens is 3. The molecule has 11 heteroatoms. The molecule has 1 atom stereocenters. The highest BCUT2D eigenvalue weighted by atomic mass is 19.4. The lowest BCUT2D eigenvalue weighted by Crippen LogP contribution is -2.28. The molecule has 136 valence electrons. The number of rotatable bonds is 3. The highest BCUT2D eigenvalue weighted by Gasteiger charge is 2.40. The zero-order valence-corrected chi connectivity index (χ0v) is 13.2. The Kier molecular flexibility index (Phi) is 3.78. The molecule has 0 aromatic carbocycles. The van der Waals surface area contributed by atoms with Crippen molar-refractivity contribution in [2.24, 2.45) is 0 Å². The lowest BCUT2D eigenvalue weighted by atomic mass is 10.1. The van der Waals surface area contributed by atoms with Crippen molar-refractivity contribution < 1.29 is 26.9 Å². The second-order valence-electron chi connectivity index (χ2n) is 5.84. The number of likely N-dealkylation sites (tertiary alicyclic amines) is 1. The SMILES string of the molecule is O=C(c1cc(-c2ccco2)[nH]n1)N1CC[C@@H](c2noc(C(F)(F)F)n2)C1. The van der Waals surface area contributed by atoms with E-state index in [-0.39, 0.29) is 24.0 Å². The molecule has 4 heterocycles. The van der Waals surface area contributed by atoms with Crippen molar-refractivity contribution in [3.05, 3.63) is 41.9 Å². The van der Waals surface area contributed by atoms with E-state index >= 15 is 0 Å². The van der Waals surface area contributed by atoms with Crippen LogP contribution in [0.5, 0.6) is 0 Å². The second kappa shape index (κ2) is 6.00. The van der Waals surface area contributed by atoms with Crippen molar-refractivity contribution in [2.45, 2.75) is 18.5 Å². The third kappa shape index (κ3) is 2.95. The summed E-state index contributed by atoms with van der Waals surface area (Å²) in [6, 6.07) is 5.00. The number of aromatic nitrogens is 4. The number of carbonyl (C=O) groups is 1. The van der Waals surface area contributed by atoms with E-state index in [9.17, 15) is 18.0 Å². The first kappa shape index (κ1) is 16.4. The number of hydrogen-bond acceptors (Lipinski definition) is 6. The maximum absolute atomic E-state index is 12.6. The summed E-state index contributed by atoms with van der Waals surface area (Å²) in [5.74, 6) is -1.63. The number of amides is 1. The lowest BCUT2D eigenvalue weighted by molar-refractivity contribution is -0.159. The summed E-state index contributed by atoms with van der Waals surface area (Å²) in [5.41, 5.74) is 0.753. The van der Waals surface area contributed by atoms with E-state index in [4.69, 9.17) is 4.42 Å². The summed E-state index contributed by atoms with van der Waals surface area (Å²) in [5, 5.41) is 10.1. The highest BCUT2D eigenvalue weighted by Crippen LogP contribution is 2.31. The predicted octanol–water partition coefficient (Wildman–Crippen LogP) is 2.70. The number of hydrogen-bond donors (Lipinski definition) is 1. The average Bonchev–Trinajstić information content (AvgIpc) is 3.41. The standard InChI is InChI=1S/C15H12F3N5O3/c16-15(17,18)14-19-12(22-26-14)8-3-4-23(7-8)13(24)10-6-9(20-21-10)11-2-1-5-25-11/h1-2,5-6,8H,3-4,7H2,(H,20,21)/t8-/m1/s1. The van der Waals surface area contributed by atoms with Crippen LogP contribution in [0.4, 0.5) is 13.2 Å². The van der Waals surface area contributed by atoms with Gasteiger partial charge in [0.2, 0.25) is 0 Å². The van der Waals surface area contributed by atoms with E-state index in [1.807, 2.05) is 0 Å². The van der Waals surface area contributed by atoms with Crippen LogP contribution in [0.15, 0.2) is 33.4 Å². The molecule has 0 radical (unpaired) electrons. The highest BCUT2D eigenvalue weighted by molar-refractivity contribution is 5.93. The van der Waals surface area contributed by atoms with Gasteiger partial charge in [-0.15, -0.1) is 0 Å². The predicted molar refractivity (Wildman–Crippen MR) is 78.9 cm³/mol. The molecule has 1 amide bonds. The van der Waals surface area contributed by atoms with Gasteiger partial charge in [0.25, 0.3) is 5.91 Å². The van der Waals surface area contributed by atoms with Gasteiger partial charge in [-0.1, -0.05) is 5.16 Å². The van der Waals surface area contributed by atoms with Gasteiger partial charge in [0.15, 0.2) is 17.3 Å². The van der Waals surface area contributed by atoms with E-state index in [1.165, 1.54) is 11.2 Å². The number of alkyl halides is 3. The van der Waals surface area contributed by atoms with E-state index < -0.39 is 18.0 Å². The number of furan rings is 1. The molecule has 1 N–H and O–H groups in total. The molecule has 1 fully saturated rings. The maximum atomic E-state index is 12.6. The minimum absolute atomic E-state index is 0.0501. The third-order valence-electron chi connectivity index (χ3n) is 4.11. The molecule has 0 unspecified atom stereocenters. The van der Waals surface area contributed by atoms with Crippen LogP contribution in [-0.4, -0.2) is 44.2 Å². The lowest BCUT2D eigenvalue weighted by Gasteiger charge is -2.13. The van der Waals surface area contributed by atoms with Gasteiger partial charge in [0.05, 0.1) is 6.26 Å². The number of nitrogens with zero attached hydrogens (tertiary/aromatic N) is 4. The fourth-order valence-electron chi connectivity index (χ4n) is 2.82. The maximum Gasteiger partial charge on any atom is 0.471 e. The molecule has 0 saturated carbocycles.